The molecule has 1 aromatic carbocycles. The first-order valence-corrected chi connectivity index (χ1v) is 7.57. The Labute approximate surface area is 133 Å². The second-order valence-electron chi connectivity index (χ2n) is 5.93. The lowest BCUT2D eigenvalue weighted by molar-refractivity contribution is 0.0352. The third-order valence-corrected chi connectivity index (χ3v) is 4.17. The van der Waals surface area contributed by atoms with Crippen LogP contribution in [0.15, 0.2) is 24.3 Å². The van der Waals surface area contributed by atoms with Crippen molar-refractivity contribution < 1.29 is 9.47 Å². The summed E-state index contributed by atoms with van der Waals surface area (Å²) in [4.78, 5) is 5.02. The average Bonchev–Trinajstić information content (AvgIpc) is 2.48. The van der Waals surface area contributed by atoms with Gasteiger partial charge in [-0.25, -0.2) is 0 Å². The highest BCUT2D eigenvalue weighted by Crippen LogP contribution is 2.31. The average molecular weight is 313 g/mol. The summed E-state index contributed by atoms with van der Waals surface area (Å²) in [5, 5.41) is 0. The number of rotatable bonds is 3. The molecule has 1 fully saturated rings. The molecule has 0 N–H and O–H groups in total. The molecule has 3 rings (SSSR count). The van der Waals surface area contributed by atoms with Crippen LogP contribution in [0.25, 0.3) is 0 Å². The predicted molar refractivity (Wildman–Crippen MR) is 86.8 cm³/mol. The highest BCUT2D eigenvalue weighted by molar-refractivity contribution is 5.85. The second kappa shape index (κ2) is 7.34. The van der Waals surface area contributed by atoms with E-state index < -0.39 is 0 Å². The van der Waals surface area contributed by atoms with E-state index in [1.54, 1.807) is 0 Å². The van der Waals surface area contributed by atoms with Crippen LogP contribution in [0.2, 0.25) is 0 Å². The summed E-state index contributed by atoms with van der Waals surface area (Å²) in [7, 11) is 0. The fourth-order valence-electron chi connectivity index (χ4n) is 2.90. The summed E-state index contributed by atoms with van der Waals surface area (Å²) in [5.41, 5.74) is 0. The van der Waals surface area contributed by atoms with E-state index in [0.29, 0.717) is 12.6 Å². The summed E-state index contributed by atoms with van der Waals surface area (Å²) >= 11 is 0. The fraction of sp³-hybridized carbons (Fsp3) is 0.625. The number of ether oxygens (including phenoxy) is 2. The van der Waals surface area contributed by atoms with E-state index in [1.807, 2.05) is 24.3 Å². The van der Waals surface area contributed by atoms with Crippen LogP contribution in [-0.4, -0.2) is 61.3 Å². The summed E-state index contributed by atoms with van der Waals surface area (Å²) in [6.45, 7) is 10.7. The highest BCUT2D eigenvalue weighted by atomic mass is 35.5. The Morgan fingerprint density at radius 2 is 1.76 bits per heavy atom. The first kappa shape index (κ1) is 16.4. The lowest BCUT2D eigenvalue weighted by Gasteiger charge is -2.38. The summed E-state index contributed by atoms with van der Waals surface area (Å²) in [6, 6.07) is 8.57. The van der Waals surface area contributed by atoms with Gasteiger partial charge in [-0.15, -0.1) is 12.4 Å². The van der Waals surface area contributed by atoms with Gasteiger partial charge in [-0.05, 0) is 26.0 Å². The van der Waals surface area contributed by atoms with E-state index >= 15 is 0 Å². The number of para-hydroxylation sites is 2. The van der Waals surface area contributed by atoms with E-state index in [2.05, 4.69) is 23.6 Å². The van der Waals surface area contributed by atoms with Gasteiger partial charge in [0.1, 0.15) is 12.7 Å². The molecule has 0 radical (unpaired) electrons. The second-order valence-corrected chi connectivity index (χ2v) is 5.93. The minimum absolute atomic E-state index is 0. The van der Waals surface area contributed by atoms with Crippen molar-refractivity contribution in [3.05, 3.63) is 24.3 Å². The van der Waals surface area contributed by atoms with E-state index in [0.717, 1.165) is 44.2 Å². The van der Waals surface area contributed by atoms with Crippen LogP contribution in [0.5, 0.6) is 11.5 Å². The highest BCUT2D eigenvalue weighted by Gasteiger charge is 2.25. The van der Waals surface area contributed by atoms with Crippen molar-refractivity contribution in [3.8, 4) is 11.5 Å². The Morgan fingerprint density at radius 3 is 2.43 bits per heavy atom. The van der Waals surface area contributed by atoms with Gasteiger partial charge in [0.2, 0.25) is 0 Å². The van der Waals surface area contributed by atoms with E-state index in [-0.39, 0.29) is 18.5 Å². The van der Waals surface area contributed by atoms with E-state index in [4.69, 9.17) is 9.47 Å². The zero-order chi connectivity index (χ0) is 13.9. The SMILES string of the molecule is CC(C)N1CCN(CC2COc3ccccc3O2)CC1.Cl. The van der Waals surface area contributed by atoms with Gasteiger partial charge in [0.25, 0.3) is 0 Å². The van der Waals surface area contributed by atoms with Gasteiger partial charge in [0.05, 0.1) is 0 Å². The maximum Gasteiger partial charge on any atom is 0.161 e. The topological polar surface area (TPSA) is 24.9 Å². The molecule has 2 aliphatic heterocycles. The molecule has 2 heterocycles. The minimum atomic E-state index is 0. The molecule has 4 nitrogen and oxygen atoms in total. The molecule has 1 atom stereocenters. The van der Waals surface area contributed by atoms with Gasteiger partial charge in [0.15, 0.2) is 11.5 Å². The molecule has 5 heteroatoms. The maximum absolute atomic E-state index is 6.03. The van der Waals surface area contributed by atoms with Crippen molar-refractivity contribution in [2.75, 3.05) is 39.3 Å². The molecule has 0 amide bonds. The summed E-state index contributed by atoms with van der Waals surface area (Å²) < 4.78 is 11.8. The van der Waals surface area contributed by atoms with Crippen LogP contribution in [0, 0.1) is 0 Å². The number of piperazine rings is 1. The van der Waals surface area contributed by atoms with Crippen LogP contribution in [0.3, 0.4) is 0 Å². The normalized spacial score (nSPS) is 22.9. The van der Waals surface area contributed by atoms with Crippen LogP contribution < -0.4 is 9.47 Å². The molecule has 1 saturated heterocycles. The number of nitrogens with zero attached hydrogens (tertiary/aromatic N) is 2. The molecule has 118 valence electrons. The third kappa shape index (κ3) is 4.02. The first-order valence-electron chi connectivity index (χ1n) is 7.57. The van der Waals surface area contributed by atoms with Crippen molar-refractivity contribution in [1.82, 2.24) is 9.80 Å². The number of benzene rings is 1. The number of hydrogen-bond donors (Lipinski definition) is 0. The van der Waals surface area contributed by atoms with E-state index in [1.165, 1.54) is 0 Å². The van der Waals surface area contributed by atoms with Crippen molar-refractivity contribution in [3.63, 3.8) is 0 Å². The molecule has 21 heavy (non-hydrogen) atoms. The monoisotopic (exact) mass is 312 g/mol. The molecule has 0 aromatic heterocycles. The summed E-state index contributed by atoms with van der Waals surface area (Å²) in [5.74, 6) is 1.75. The lowest BCUT2D eigenvalue weighted by atomic mass is 10.2. The van der Waals surface area contributed by atoms with Gasteiger partial charge >= 0.3 is 0 Å². The lowest BCUT2D eigenvalue weighted by Crippen LogP contribution is -2.52. The van der Waals surface area contributed by atoms with Gasteiger partial charge < -0.3 is 9.47 Å². The van der Waals surface area contributed by atoms with Crippen molar-refractivity contribution in [1.29, 1.82) is 0 Å². The molecular formula is C16H25ClN2O2. The molecular weight excluding hydrogens is 288 g/mol. The van der Waals surface area contributed by atoms with Crippen LogP contribution in [-0.2, 0) is 0 Å². The molecule has 0 aliphatic carbocycles. The summed E-state index contributed by atoms with van der Waals surface area (Å²) in [6.07, 6.45) is 0.149. The number of fused-ring (bicyclic) bond motifs is 1. The van der Waals surface area contributed by atoms with Crippen LogP contribution in [0.4, 0.5) is 0 Å². The molecule has 1 aromatic rings. The molecule has 0 spiro atoms. The van der Waals surface area contributed by atoms with Gasteiger partial charge in [-0.3, -0.25) is 9.80 Å². The smallest absolute Gasteiger partial charge is 0.161 e. The Morgan fingerprint density at radius 1 is 1.10 bits per heavy atom. The molecule has 1 unspecified atom stereocenters. The van der Waals surface area contributed by atoms with E-state index in [9.17, 15) is 0 Å². The van der Waals surface area contributed by atoms with Crippen molar-refractivity contribution in [2.24, 2.45) is 0 Å². The largest absolute Gasteiger partial charge is 0.486 e. The fourth-order valence-corrected chi connectivity index (χ4v) is 2.90. The number of hydrogen-bond acceptors (Lipinski definition) is 4. The maximum atomic E-state index is 6.03. The predicted octanol–water partition coefficient (Wildman–Crippen LogP) is 2.27. The quantitative estimate of drug-likeness (QED) is 0.855. The van der Waals surface area contributed by atoms with Crippen molar-refractivity contribution in [2.45, 2.75) is 26.0 Å². The third-order valence-electron chi connectivity index (χ3n) is 4.17. The Bertz CT molecular complexity index is 448. The molecule has 0 saturated carbocycles. The first-order chi connectivity index (χ1) is 9.72. The van der Waals surface area contributed by atoms with Crippen LogP contribution >= 0.6 is 12.4 Å². The standard InChI is InChI=1S/C16H24N2O2.ClH/c1-13(2)18-9-7-17(8-10-18)11-14-12-19-15-5-3-4-6-16(15)20-14;/h3-6,13-14H,7-12H2,1-2H3;1H. The van der Waals surface area contributed by atoms with Crippen LogP contribution in [0.1, 0.15) is 13.8 Å². The minimum Gasteiger partial charge on any atom is -0.486 e. The zero-order valence-corrected chi connectivity index (χ0v) is 13.6. The Kier molecular flexibility index (Phi) is 5.73. The number of halogens is 1. The zero-order valence-electron chi connectivity index (χ0n) is 12.8. The Hall–Kier alpha value is -0.970. The van der Waals surface area contributed by atoms with Gasteiger partial charge in [-0.1, -0.05) is 12.1 Å². The van der Waals surface area contributed by atoms with Gasteiger partial charge in [-0.2, -0.15) is 0 Å². The molecule has 0 bridgehead atoms. The molecule has 2 aliphatic rings. The van der Waals surface area contributed by atoms with Gasteiger partial charge in [0, 0.05) is 38.8 Å². The van der Waals surface area contributed by atoms with Crippen molar-refractivity contribution >= 4 is 12.4 Å². The Balaban J connectivity index is 0.00000161.